The van der Waals surface area contributed by atoms with Gasteiger partial charge in [0.2, 0.25) is 0 Å². The van der Waals surface area contributed by atoms with Crippen molar-refractivity contribution < 1.29 is 18.3 Å². The van der Waals surface area contributed by atoms with Crippen molar-refractivity contribution in [3.63, 3.8) is 0 Å². The second kappa shape index (κ2) is 6.41. The van der Waals surface area contributed by atoms with Crippen LogP contribution in [0.15, 0.2) is 24.3 Å². The first-order chi connectivity index (χ1) is 13.9. The van der Waals surface area contributed by atoms with E-state index in [9.17, 15) is 9.18 Å². The summed E-state index contributed by atoms with van der Waals surface area (Å²) in [5, 5.41) is 12.5. The summed E-state index contributed by atoms with van der Waals surface area (Å²) in [6, 6.07) is 7.35. The van der Waals surface area contributed by atoms with Gasteiger partial charge in [0.25, 0.3) is 0 Å². The summed E-state index contributed by atoms with van der Waals surface area (Å²) in [7, 11) is 0. The molecule has 0 aromatic heterocycles. The van der Waals surface area contributed by atoms with E-state index in [4.69, 9.17) is 21.6 Å². The predicted molar refractivity (Wildman–Crippen MR) is 103 cm³/mol. The molecule has 0 radical (unpaired) electrons. The SMILES string of the molecule is N#Cc1ccc(Cl)c(C2CC(=O)c3c(cc(F)c(N4CC5(COC5)C4)c3F)N2)c1. The summed E-state index contributed by atoms with van der Waals surface area (Å²) in [5.74, 6) is -1.97. The normalized spacial score (nSPS) is 21.7. The number of ether oxygens (including phenoxy) is 1. The quantitative estimate of drug-likeness (QED) is 0.801. The van der Waals surface area contributed by atoms with E-state index in [1.165, 1.54) is 6.07 Å². The monoisotopic (exact) mass is 415 g/mol. The van der Waals surface area contributed by atoms with E-state index >= 15 is 4.39 Å². The van der Waals surface area contributed by atoms with Gasteiger partial charge >= 0.3 is 0 Å². The van der Waals surface area contributed by atoms with Crippen LogP contribution in [0.4, 0.5) is 20.2 Å². The number of carbonyl (C=O) groups excluding carboxylic acids is 1. The Morgan fingerprint density at radius 3 is 2.69 bits per heavy atom. The first-order valence-corrected chi connectivity index (χ1v) is 9.62. The number of anilines is 2. The van der Waals surface area contributed by atoms with Gasteiger partial charge in [-0.15, -0.1) is 0 Å². The maximum atomic E-state index is 15.2. The van der Waals surface area contributed by atoms with Crippen LogP contribution in [0.5, 0.6) is 0 Å². The molecule has 2 saturated heterocycles. The van der Waals surface area contributed by atoms with Crippen LogP contribution in [0.25, 0.3) is 0 Å². The average molecular weight is 416 g/mol. The number of nitrogens with zero attached hydrogens (tertiary/aromatic N) is 2. The average Bonchev–Trinajstić information content (AvgIpc) is 2.61. The van der Waals surface area contributed by atoms with Gasteiger partial charge in [-0.3, -0.25) is 4.79 Å². The Kier molecular flexibility index (Phi) is 4.05. The van der Waals surface area contributed by atoms with Crippen molar-refractivity contribution in [3.05, 3.63) is 57.6 Å². The number of hydrogen-bond donors (Lipinski definition) is 1. The number of rotatable bonds is 2. The number of fused-ring (bicyclic) bond motifs is 1. The van der Waals surface area contributed by atoms with E-state index in [-0.39, 0.29) is 28.8 Å². The van der Waals surface area contributed by atoms with Crippen molar-refractivity contribution in [2.75, 3.05) is 36.5 Å². The molecule has 0 aliphatic carbocycles. The van der Waals surface area contributed by atoms with Gasteiger partial charge in [0.15, 0.2) is 17.4 Å². The number of nitriles is 1. The second-order valence-corrected chi connectivity index (χ2v) is 8.37. The topological polar surface area (TPSA) is 65.4 Å². The van der Waals surface area contributed by atoms with Crippen LogP contribution in [0.1, 0.15) is 33.9 Å². The molecule has 0 saturated carbocycles. The molecule has 1 spiro atoms. The van der Waals surface area contributed by atoms with Gasteiger partial charge in [-0.05, 0) is 23.8 Å². The molecule has 1 unspecified atom stereocenters. The highest BCUT2D eigenvalue weighted by Gasteiger charge is 2.50. The lowest BCUT2D eigenvalue weighted by atomic mass is 9.77. The number of ketones is 1. The Labute approximate surface area is 170 Å². The van der Waals surface area contributed by atoms with Crippen LogP contribution in [-0.2, 0) is 4.74 Å². The van der Waals surface area contributed by atoms with Crippen molar-refractivity contribution in [3.8, 4) is 6.07 Å². The van der Waals surface area contributed by atoms with Crippen molar-refractivity contribution >= 4 is 28.8 Å². The van der Waals surface area contributed by atoms with Crippen LogP contribution in [-0.4, -0.2) is 32.1 Å². The summed E-state index contributed by atoms with van der Waals surface area (Å²) in [6.07, 6.45) is -0.0403. The van der Waals surface area contributed by atoms with Gasteiger partial charge in [0, 0.05) is 30.6 Å². The molecule has 3 aliphatic heterocycles. The van der Waals surface area contributed by atoms with Crippen LogP contribution in [0, 0.1) is 28.4 Å². The van der Waals surface area contributed by atoms with Gasteiger partial charge in [0.1, 0.15) is 5.69 Å². The summed E-state index contributed by atoms with van der Waals surface area (Å²) in [6.45, 7) is 2.23. The summed E-state index contributed by atoms with van der Waals surface area (Å²) >= 11 is 6.24. The highest BCUT2D eigenvalue weighted by Crippen LogP contribution is 2.45. The number of carbonyl (C=O) groups is 1. The lowest BCUT2D eigenvalue weighted by Gasteiger charge is -2.56. The molecule has 3 heterocycles. The van der Waals surface area contributed by atoms with E-state index in [0.717, 1.165) is 0 Å². The van der Waals surface area contributed by atoms with E-state index in [2.05, 4.69) is 5.32 Å². The zero-order chi connectivity index (χ0) is 20.3. The summed E-state index contributed by atoms with van der Waals surface area (Å²) in [5.41, 5.74) is 0.749. The van der Waals surface area contributed by atoms with E-state index in [1.54, 1.807) is 23.1 Å². The van der Waals surface area contributed by atoms with E-state index in [0.29, 0.717) is 42.5 Å². The molecule has 5 nitrogen and oxygen atoms in total. The maximum absolute atomic E-state index is 15.2. The van der Waals surface area contributed by atoms with Crippen LogP contribution in [0.3, 0.4) is 0 Å². The number of halogens is 3. The number of hydrogen-bond acceptors (Lipinski definition) is 5. The van der Waals surface area contributed by atoms with Gasteiger partial charge in [0.05, 0.1) is 47.6 Å². The van der Waals surface area contributed by atoms with E-state index in [1.807, 2.05) is 6.07 Å². The minimum absolute atomic E-state index is 0.00928. The molecular weight excluding hydrogens is 400 g/mol. The molecule has 5 rings (SSSR count). The minimum atomic E-state index is -0.831. The summed E-state index contributed by atoms with van der Waals surface area (Å²) in [4.78, 5) is 14.4. The Morgan fingerprint density at radius 1 is 1.28 bits per heavy atom. The zero-order valence-corrected chi connectivity index (χ0v) is 16.0. The molecule has 1 atom stereocenters. The molecule has 29 heavy (non-hydrogen) atoms. The highest BCUT2D eigenvalue weighted by molar-refractivity contribution is 6.31. The maximum Gasteiger partial charge on any atom is 0.170 e. The fraction of sp³-hybridized carbons (Fsp3) is 0.333. The van der Waals surface area contributed by atoms with Gasteiger partial charge in [-0.25, -0.2) is 8.78 Å². The Hall–Kier alpha value is -2.69. The zero-order valence-electron chi connectivity index (χ0n) is 15.3. The standard InChI is InChI=1S/C21H16ClF2N3O2/c22-13-2-1-11(6-25)3-12(13)15-5-17(28)18-16(26-15)4-14(23)20(19(18)24)27-7-21(8-27)9-29-10-21/h1-4,15,26H,5,7-10H2. The number of benzene rings is 2. The third-order valence-electron chi connectivity index (χ3n) is 5.88. The molecule has 148 valence electrons. The molecule has 0 bridgehead atoms. The van der Waals surface area contributed by atoms with Crippen molar-refractivity contribution in [1.29, 1.82) is 5.26 Å². The molecule has 3 aliphatic rings. The first-order valence-electron chi connectivity index (χ1n) is 9.25. The summed E-state index contributed by atoms with van der Waals surface area (Å²) < 4.78 is 35.2. The second-order valence-electron chi connectivity index (χ2n) is 7.96. The Bertz CT molecular complexity index is 1090. The highest BCUT2D eigenvalue weighted by atomic mass is 35.5. The van der Waals surface area contributed by atoms with Crippen LogP contribution in [0.2, 0.25) is 5.02 Å². The molecule has 1 N–H and O–H groups in total. The van der Waals surface area contributed by atoms with E-state index < -0.39 is 23.5 Å². The Balaban J connectivity index is 1.49. The largest absolute Gasteiger partial charge is 0.380 e. The van der Waals surface area contributed by atoms with Crippen molar-refractivity contribution in [2.45, 2.75) is 12.5 Å². The number of Topliss-reactive ketones (excluding diaryl/α,β-unsaturated/α-hetero) is 1. The van der Waals surface area contributed by atoms with Gasteiger partial charge < -0.3 is 15.0 Å². The van der Waals surface area contributed by atoms with Crippen LogP contribution < -0.4 is 10.2 Å². The lowest BCUT2D eigenvalue weighted by molar-refractivity contribution is -0.127. The molecule has 2 fully saturated rings. The predicted octanol–water partition coefficient (Wildman–Crippen LogP) is 4.07. The smallest absolute Gasteiger partial charge is 0.170 e. The third kappa shape index (κ3) is 2.78. The van der Waals surface area contributed by atoms with Gasteiger partial charge in [-0.1, -0.05) is 11.6 Å². The number of nitrogens with one attached hydrogen (secondary N) is 1. The third-order valence-corrected chi connectivity index (χ3v) is 6.22. The Morgan fingerprint density at radius 2 is 2.03 bits per heavy atom. The fourth-order valence-electron chi connectivity index (χ4n) is 4.37. The van der Waals surface area contributed by atoms with Crippen molar-refractivity contribution in [1.82, 2.24) is 0 Å². The molecule has 2 aromatic carbocycles. The molecule has 2 aromatic rings. The molecular formula is C21H16ClF2N3O2. The molecule has 8 heteroatoms. The lowest BCUT2D eigenvalue weighted by Crippen LogP contribution is -2.66. The first kappa shape index (κ1) is 18.3. The van der Waals surface area contributed by atoms with Crippen LogP contribution >= 0.6 is 11.6 Å². The fourth-order valence-corrected chi connectivity index (χ4v) is 4.62. The van der Waals surface area contributed by atoms with Gasteiger partial charge in [-0.2, -0.15) is 5.26 Å². The minimum Gasteiger partial charge on any atom is -0.380 e. The molecule has 0 amide bonds. The van der Waals surface area contributed by atoms with Crippen molar-refractivity contribution in [2.24, 2.45) is 5.41 Å².